The van der Waals surface area contributed by atoms with Crippen molar-refractivity contribution in [1.29, 1.82) is 0 Å². The van der Waals surface area contributed by atoms with Crippen molar-refractivity contribution in [2.24, 2.45) is 0 Å². The Morgan fingerprint density at radius 2 is 1.12 bits per heavy atom. The van der Waals surface area contributed by atoms with Gasteiger partial charge in [0.2, 0.25) is 0 Å². The molecule has 0 heterocycles. The number of aldehydes is 1. The van der Waals surface area contributed by atoms with E-state index in [-0.39, 0.29) is 0 Å². The number of allylic oxidation sites excluding steroid dienone is 2. The first-order valence-corrected chi connectivity index (χ1v) is 7.50. The highest BCUT2D eigenvalue weighted by Gasteiger charge is 1.89. The molecule has 0 fully saturated rings. The Morgan fingerprint density at radius 1 is 0.647 bits per heavy atom. The third-order valence-corrected chi connectivity index (χ3v) is 3.08. The summed E-state index contributed by atoms with van der Waals surface area (Å²) >= 11 is 0. The Hall–Kier alpha value is -0.590. The van der Waals surface area contributed by atoms with Crippen molar-refractivity contribution in [1.82, 2.24) is 0 Å². The first kappa shape index (κ1) is 16.4. The summed E-state index contributed by atoms with van der Waals surface area (Å²) in [4.78, 5) is 10.1. The zero-order chi connectivity index (χ0) is 12.6. The molecule has 0 rings (SSSR count). The lowest BCUT2D eigenvalue weighted by molar-refractivity contribution is -0.107. The van der Waals surface area contributed by atoms with Crippen LogP contribution in [0.25, 0.3) is 0 Å². The minimum Gasteiger partial charge on any atom is -0.303 e. The van der Waals surface area contributed by atoms with Crippen molar-refractivity contribution < 1.29 is 4.79 Å². The molecule has 0 aliphatic carbocycles. The maximum atomic E-state index is 10.1. The summed E-state index contributed by atoms with van der Waals surface area (Å²) in [5, 5.41) is 0. The van der Waals surface area contributed by atoms with Gasteiger partial charge in [0, 0.05) is 6.42 Å². The van der Waals surface area contributed by atoms with Crippen LogP contribution < -0.4 is 0 Å². The van der Waals surface area contributed by atoms with Gasteiger partial charge in [-0.15, -0.1) is 0 Å². The predicted molar refractivity (Wildman–Crippen MR) is 76.3 cm³/mol. The lowest BCUT2D eigenvalue weighted by Gasteiger charge is -1.97. The summed E-state index contributed by atoms with van der Waals surface area (Å²) in [5.74, 6) is 0. The molecule has 0 spiro atoms. The molecular formula is C16H30O. The van der Waals surface area contributed by atoms with Crippen LogP contribution >= 0.6 is 0 Å². The van der Waals surface area contributed by atoms with E-state index in [0.717, 1.165) is 19.1 Å². The Balaban J connectivity index is 3.01. The third-order valence-electron chi connectivity index (χ3n) is 3.08. The quantitative estimate of drug-likeness (QED) is 0.237. The molecular weight excluding hydrogens is 208 g/mol. The average molecular weight is 238 g/mol. The van der Waals surface area contributed by atoms with Gasteiger partial charge in [-0.25, -0.2) is 0 Å². The first-order valence-electron chi connectivity index (χ1n) is 7.50. The largest absolute Gasteiger partial charge is 0.303 e. The van der Waals surface area contributed by atoms with Crippen molar-refractivity contribution >= 4 is 6.29 Å². The van der Waals surface area contributed by atoms with Crippen molar-refractivity contribution in [2.75, 3.05) is 0 Å². The highest BCUT2D eigenvalue weighted by Crippen LogP contribution is 2.08. The van der Waals surface area contributed by atoms with Gasteiger partial charge in [0.1, 0.15) is 6.29 Å². The number of hydrogen-bond acceptors (Lipinski definition) is 1. The molecule has 0 aromatic carbocycles. The molecule has 0 atom stereocenters. The van der Waals surface area contributed by atoms with Crippen LogP contribution in [0.15, 0.2) is 12.2 Å². The molecule has 17 heavy (non-hydrogen) atoms. The Morgan fingerprint density at radius 3 is 1.65 bits per heavy atom. The molecule has 0 unspecified atom stereocenters. The SMILES string of the molecule is CCCCCCC=CCCCCCCCC=O. The molecule has 0 amide bonds. The molecule has 0 saturated heterocycles. The molecule has 0 aromatic heterocycles. The lowest BCUT2D eigenvalue weighted by Crippen LogP contribution is -1.80. The summed E-state index contributed by atoms with van der Waals surface area (Å²) in [7, 11) is 0. The van der Waals surface area contributed by atoms with Gasteiger partial charge in [0.15, 0.2) is 0 Å². The summed E-state index contributed by atoms with van der Waals surface area (Å²) in [6.07, 6.45) is 20.6. The second-order valence-electron chi connectivity index (χ2n) is 4.83. The van der Waals surface area contributed by atoms with Gasteiger partial charge in [-0.3, -0.25) is 0 Å². The number of carbonyl (C=O) groups is 1. The summed E-state index contributed by atoms with van der Waals surface area (Å²) in [5.41, 5.74) is 0. The summed E-state index contributed by atoms with van der Waals surface area (Å²) < 4.78 is 0. The van der Waals surface area contributed by atoms with Crippen LogP contribution in [0.5, 0.6) is 0 Å². The molecule has 1 heteroatoms. The summed E-state index contributed by atoms with van der Waals surface area (Å²) in [6, 6.07) is 0. The second-order valence-corrected chi connectivity index (χ2v) is 4.83. The van der Waals surface area contributed by atoms with E-state index >= 15 is 0 Å². The molecule has 0 aliphatic rings. The van der Waals surface area contributed by atoms with E-state index in [4.69, 9.17) is 0 Å². The fourth-order valence-corrected chi connectivity index (χ4v) is 1.94. The zero-order valence-electron chi connectivity index (χ0n) is 11.6. The van der Waals surface area contributed by atoms with Crippen LogP contribution in [0, 0.1) is 0 Å². The highest BCUT2D eigenvalue weighted by molar-refractivity contribution is 5.48. The van der Waals surface area contributed by atoms with E-state index in [1.165, 1.54) is 64.2 Å². The Labute approximate surface area is 108 Å². The molecule has 0 N–H and O–H groups in total. The van der Waals surface area contributed by atoms with Gasteiger partial charge in [0.25, 0.3) is 0 Å². The third kappa shape index (κ3) is 15.4. The van der Waals surface area contributed by atoms with Crippen LogP contribution in [-0.2, 0) is 4.79 Å². The van der Waals surface area contributed by atoms with Crippen LogP contribution in [0.3, 0.4) is 0 Å². The van der Waals surface area contributed by atoms with Crippen molar-refractivity contribution in [3.8, 4) is 0 Å². The number of hydrogen-bond donors (Lipinski definition) is 0. The fourth-order valence-electron chi connectivity index (χ4n) is 1.94. The van der Waals surface area contributed by atoms with Crippen LogP contribution in [0.4, 0.5) is 0 Å². The van der Waals surface area contributed by atoms with Crippen molar-refractivity contribution in [3.05, 3.63) is 12.2 Å². The van der Waals surface area contributed by atoms with E-state index in [9.17, 15) is 4.79 Å². The van der Waals surface area contributed by atoms with Gasteiger partial charge in [-0.2, -0.15) is 0 Å². The minimum absolute atomic E-state index is 0.748. The molecule has 100 valence electrons. The van der Waals surface area contributed by atoms with Crippen molar-refractivity contribution in [2.45, 2.75) is 84.0 Å². The van der Waals surface area contributed by atoms with E-state index in [0.29, 0.717) is 0 Å². The van der Waals surface area contributed by atoms with Crippen molar-refractivity contribution in [3.63, 3.8) is 0 Å². The number of unbranched alkanes of at least 4 members (excludes halogenated alkanes) is 10. The zero-order valence-corrected chi connectivity index (χ0v) is 11.6. The van der Waals surface area contributed by atoms with E-state index in [2.05, 4.69) is 19.1 Å². The predicted octanol–water partition coefficient (Wildman–Crippen LogP) is 5.44. The molecule has 0 aliphatic heterocycles. The number of rotatable bonds is 13. The van der Waals surface area contributed by atoms with E-state index in [1.54, 1.807) is 0 Å². The Kier molecular flexibility index (Phi) is 14.9. The fraction of sp³-hybridized carbons (Fsp3) is 0.812. The van der Waals surface area contributed by atoms with E-state index < -0.39 is 0 Å². The monoisotopic (exact) mass is 238 g/mol. The molecule has 0 radical (unpaired) electrons. The first-order chi connectivity index (χ1) is 8.41. The average Bonchev–Trinajstić information content (AvgIpc) is 2.35. The van der Waals surface area contributed by atoms with Crippen LogP contribution in [0.2, 0.25) is 0 Å². The number of carbonyl (C=O) groups excluding carboxylic acids is 1. The van der Waals surface area contributed by atoms with Crippen LogP contribution in [-0.4, -0.2) is 6.29 Å². The van der Waals surface area contributed by atoms with Gasteiger partial charge in [0.05, 0.1) is 0 Å². The Bertz CT molecular complexity index is 172. The normalized spacial score (nSPS) is 11.1. The van der Waals surface area contributed by atoms with Gasteiger partial charge in [-0.1, -0.05) is 57.6 Å². The molecule has 0 saturated carbocycles. The van der Waals surface area contributed by atoms with Gasteiger partial charge in [-0.05, 0) is 32.1 Å². The van der Waals surface area contributed by atoms with Gasteiger partial charge < -0.3 is 4.79 Å². The molecule has 0 aromatic rings. The lowest BCUT2D eigenvalue weighted by atomic mass is 10.1. The van der Waals surface area contributed by atoms with Crippen LogP contribution in [0.1, 0.15) is 84.0 Å². The topological polar surface area (TPSA) is 17.1 Å². The highest BCUT2D eigenvalue weighted by atomic mass is 16.1. The second kappa shape index (κ2) is 15.4. The standard InChI is InChI=1S/C16H30O/c1-2-3-4-5-6-7-8-9-10-11-12-13-14-15-16-17/h7-8,16H,2-6,9-15H2,1H3. The summed E-state index contributed by atoms with van der Waals surface area (Å²) in [6.45, 7) is 2.25. The maximum absolute atomic E-state index is 10.1. The molecule has 0 bridgehead atoms. The van der Waals surface area contributed by atoms with Gasteiger partial charge >= 0.3 is 0 Å². The van der Waals surface area contributed by atoms with E-state index in [1.807, 2.05) is 0 Å². The minimum atomic E-state index is 0.748. The molecule has 1 nitrogen and oxygen atoms in total. The maximum Gasteiger partial charge on any atom is 0.119 e. The smallest absolute Gasteiger partial charge is 0.119 e.